The molecule has 0 spiro atoms. The maximum Gasteiger partial charge on any atom is 0.0931 e. The lowest BCUT2D eigenvalue weighted by Gasteiger charge is -2.39. The number of ether oxygens (including phenoxy) is 1. The monoisotopic (exact) mass is 447 g/mol. The number of nitrogens with zero attached hydrogens (tertiary/aromatic N) is 1. The van der Waals surface area contributed by atoms with Crippen molar-refractivity contribution in [1.82, 2.24) is 15.2 Å². The maximum absolute atomic E-state index is 5.44. The van der Waals surface area contributed by atoms with Gasteiger partial charge in [0.15, 0.2) is 0 Å². The number of fused-ring (bicyclic) bond motifs is 1. The van der Waals surface area contributed by atoms with Crippen molar-refractivity contribution < 1.29 is 4.74 Å². The Balaban J connectivity index is 1.62. The zero-order valence-corrected chi connectivity index (χ0v) is 20.9. The van der Waals surface area contributed by atoms with E-state index in [1.54, 1.807) is 7.11 Å². The predicted molar refractivity (Wildman–Crippen MR) is 141 cm³/mol. The van der Waals surface area contributed by atoms with Crippen LogP contribution in [-0.2, 0) is 4.74 Å². The van der Waals surface area contributed by atoms with Crippen LogP contribution in [0.3, 0.4) is 0 Å². The molecule has 2 aliphatic rings. The molecule has 178 valence electrons. The van der Waals surface area contributed by atoms with Gasteiger partial charge >= 0.3 is 0 Å². The molecule has 0 saturated carbocycles. The van der Waals surface area contributed by atoms with Crippen LogP contribution in [0.15, 0.2) is 48.8 Å². The fourth-order valence-corrected chi connectivity index (χ4v) is 5.69. The van der Waals surface area contributed by atoms with Crippen LogP contribution < -0.4 is 5.32 Å². The first kappa shape index (κ1) is 23.8. The highest BCUT2D eigenvalue weighted by Crippen LogP contribution is 2.37. The summed E-state index contributed by atoms with van der Waals surface area (Å²) in [6.07, 6.45) is 11.1. The molecule has 2 N–H and O–H groups in total. The van der Waals surface area contributed by atoms with Crippen molar-refractivity contribution in [3.05, 3.63) is 65.6 Å². The zero-order chi connectivity index (χ0) is 23.4. The third-order valence-corrected chi connectivity index (χ3v) is 7.53. The van der Waals surface area contributed by atoms with Crippen LogP contribution in [-0.4, -0.2) is 49.2 Å². The molecule has 1 aromatic carbocycles. The summed E-state index contributed by atoms with van der Waals surface area (Å²) in [7, 11) is 1.72. The average molecular weight is 448 g/mol. The van der Waals surface area contributed by atoms with E-state index in [0.717, 1.165) is 17.4 Å². The summed E-state index contributed by atoms with van der Waals surface area (Å²) in [5.74, 6) is 1.96. The van der Waals surface area contributed by atoms with Crippen LogP contribution in [0, 0.1) is 0 Å². The molecule has 2 fully saturated rings. The van der Waals surface area contributed by atoms with Gasteiger partial charge in [0.25, 0.3) is 0 Å². The first-order valence-corrected chi connectivity index (χ1v) is 12.7. The smallest absolute Gasteiger partial charge is 0.0931 e. The number of aromatic nitrogens is 1. The van der Waals surface area contributed by atoms with Gasteiger partial charge in [-0.05, 0) is 100.0 Å². The quantitative estimate of drug-likeness (QED) is 0.384. The number of rotatable bonds is 7. The average Bonchev–Trinajstić information content (AvgIpc) is 3.23. The normalized spacial score (nSPS) is 20.0. The number of methoxy groups -OCH3 is 1. The van der Waals surface area contributed by atoms with E-state index in [1.807, 2.05) is 13.0 Å². The van der Waals surface area contributed by atoms with Crippen LogP contribution in [0.25, 0.3) is 16.5 Å². The number of hydrogen-bond donors (Lipinski definition) is 2. The van der Waals surface area contributed by atoms with E-state index >= 15 is 0 Å². The number of nitrogens with one attached hydrogen (secondary N) is 2. The lowest BCUT2D eigenvalue weighted by Crippen LogP contribution is -2.46. The lowest BCUT2D eigenvalue weighted by atomic mass is 9.86. The van der Waals surface area contributed by atoms with Gasteiger partial charge in [0.05, 0.1) is 18.6 Å². The number of H-pyrrole nitrogens is 1. The van der Waals surface area contributed by atoms with Crippen LogP contribution in [0.4, 0.5) is 0 Å². The first-order chi connectivity index (χ1) is 16.0. The highest BCUT2D eigenvalue weighted by atomic mass is 16.5. The second-order valence-electron chi connectivity index (χ2n) is 9.98. The Kier molecular flexibility index (Phi) is 7.77. The molecule has 4 rings (SSSR count). The van der Waals surface area contributed by atoms with E-state index in [4.69, 9.17) is 4.74 Å². The fourth-order valence-electron chi connectivity index (χ4n) is 5.69. The van der Waals surface area contributed by atoms with Crippen molar-refractivity contribution in [3.63, 3.8) is 0 Å². The molecule has 0 radical (unpaired) electrons. The molecule has 2 aromatic rings. The van der Waals surface area contributed by atoms with E-state index in [0.29, 0.717) is 11.8 Å². The summed E-state index contributed by atoms with van der Waals surface area (Å²) in [6, 6.07) is 7.89. The van der Waals surface area contributed by atoms with E-state index in [2.05, 4.69) is 66.0 Å². The van der Waals surface area contributed by atoms with Crippen LogP contribution in [0.5, 0.6) is 0 Å². The molecule has 2 saturated heterocycles. The molecule has 0 atom stereocenters. The molecule has 4 heteroatoms. The Morgan fingerprint density at radius 2 is 1.88 bits per heavy atom. The Labute approximate surface area is 199 Å². The van der Waals surface area contributed by atoms with E-state index in [-0.39, 0.29) is 0 Å². The number of benzene rings is 1. The Hall–Kier alpha value is -2.30. The second-order valence-corrected chi connectivity index (χ2v) is 9.98. The maximum atomic E-state index is 5.44. The van der Waals surface area contributed by atoms with Gasteiger partial charge in [-0.15, -0.1) is 0 Å². The molecule has 33 heavy (non-hydrogen) atoms. The largest absolute Gasteiger partial charge is 0.501 e. The molecule has 0 amide bonds. The van der Waals surface area contributed by atoms with Crippen LogP contribution in [0.1, 0.15) is 75.1 Å². The second kappa shape index (κ2) is 10.8. The number of piperidine rings is 2. The lowest BCUT2D eigenvalue weighted by molar-refractivity contribution is 0.127. The summed E-state index contributed by atoms with van der Waals surface area (Å²) >= 11 is 0. The van der Waals surface area contributed by atoms with Crippen molar-refractivity contribution in [2.45, 2.75) is 64.3 Å². The van der Waals surface area contributed by atoms with E-state index in [9.17, 15) is 0 Å². The van der Waals surface area contributed by atoms with Crippen molar-refractivity contribution in [1.29, 1.82) is 0 Å². The molecule has 0 bridgehead atoms. The fraction of sp³-hybridized carbons (Fsp3) is 0.517. The summed E-state index contributed by atoms with van der Waals surface area (Å²) in [5, 5.41) is 4.86. The Morgan fingerprint density at radius 1 is 1.15 bits per heavy atom. The minimum Gasteiger partial charge on any atom is -0.501 e. The standard InChI is InChI=1S/C29H41N3O/c1-6-7-24(18-21(4)33-5)29-28(20(2)3)26-19-23(8-9-27(26)31-29)22-12-16-32(17-13-22)25-10-14-30-15-11-25/h6-9,18-20,22,25,30-31H,1,10-17H2,2-5H3/b21-18+,24-7+. The van der Waals surface area contributed by atoms with Crippen molar-refractivity contribution in [2.24, 2.45) is 0 Å². The molecular weight excluding hydrogens is 406 g/mol. The van der Waals surface area contributed by atoms with Gasteiger partial charge in [-0.2, -0.15) is 0 Å². The topological polar surface area (TPSA) is 40.3 Å². The molecule has 2 aliphatic heterocycles. The summed E-state index contributed by atoms with van der Waals surface area (Å²) in [5.41, 5.74) is 6.38. The van der Waals surface area contributed by atoms with Gasteiger partial charge in [-0.3, -0.25) is 0 Å². The number of likely N-dealkylation sites (tertiary alicyclic amines) is 1. The molecule has 0 aliphatic carbocycles. The summed E-state index contributed by atoms with van der Waals surface area (Å²) in [6.45, 7) is 15.3. The van der Waals surface area contributed by atoms with E-state index < -0.39 is 0 Å². The molecule has 3 heterocycles. The third-order valence-electron chi connectivity index (χ3n) is 7.53. The highest BCUT2D eigenvalue weighted by Gasteiger charge is 2.27. The molecule has 4 nitrogen and oxygen atoms in total. The molecule has 1 aromatic heterocycles. The van der Waals surface area contributed by atoms with Crippen molar-refractivity contribution in [2.75, 3.05) is 33.3 Å². The van der Waals surface area contributed by atoms with Crippen LogP contribution >= 0.6 is 0 Å². The van der Waals surface area contributed by atoms with Crippen molar-refractivity contribution >= 4 is 16.5 Å². The van der Waals surface area contributed by atoms with Gasteiger partial charge in [-0.25, -0.2) is 0 Å². The summed E-state index contributed by atoms with van der Waals surface area (Å²) in [4.78, 5) is 6.46. The van der Waals surface area contributed by atoms with E-state index in [1.165, 1.54) is 79.6 Å². The van der Waals surface area contributed by atoms with Crippen LogP contribution in [0.2, 0.25) is 0 Å². The first-order valence-electron chi connectivity index (χ1n) is 12.7. The van der Waals surface area contributed by atoms with Gasteiger partial charge < -0.3 is 19.9 Å². The minimum atomic E-state index is 0.412. The molecule has 0 unspecified atom stereocenters. The third kappa shape index (κ3) is 5.28. The molecular formula is C29H41N3O. The van der Waals surface area contributed by atoms with Crippen molar-refractivity contribution in [3.8, 4) is 0 Å². The Bertz CT molecular complexity index is 1010. The number of allylic oxidation sites excluding steroid dienone is 5. The predicted octanol–water partition coefficient (Wildman–Crippen LogP) is 6.34. The van der Waals surface area contributed by atoms with Gasteiger partial charge in [0.2, 0.25) is 0 Å². The zero-order valence-electron chi connectivity index (χ0n) is 20.9. The van der Waals surface area contributed by atoms with Gasteiger partial charge in [0, 0.05) is 22.5 Å². The van der Waals surface area contributed by atoms with Gasteiger partial charge in [-0.1, -0.05) is 38.6 Å². The van der Waals surface area contributed by atoms with Gasteiger partial charge in [0.1, 0.15) is 0 Å². The Morgan fingerprint density at radius 3 is 2.52 bits per heavy atom. The number of hydrogen-bond acceptors (Lipinski definition) is 3. The SMILES string of the molecule is C=C/C=C(\C=C(/C)OC)c1[nH]c2ccc(C3CCN(C4CCNCC4)CC3)cc2c1C(C)C. The minimum absolute atomic E-state index is 0.412. The highest BCUT2D eigenvalue weighted by molar-refractivity contribution is 5.92. The summed E-state index contributed by atoms with van der Waals surface area (Å²) < 4.78 is 5.44. The number of aromatic amines is 1.